The van der Waals surface area contributed by atoms with E-state index in [9.17, 15) is 0 Å². The van der Waals surface area contributed by atoms with Crippen molar-refractivity contribution < 1.29 is 4.74 Å². The van der Waals surface area contributed by atoms with Crippen LogP contribution in [0.4, 0.5) is 5.82 Å². The Morgan fingerprint density at radius 1 is 1.22 bits per heavy atom. The van der Waals surface area contributed by atoms with Crippen LogP contribution in [0.3, 0.4) is 0 Å². The molecule has 2 aromatic heterocycles. The molecule has 0 aromatic carbocycles. The fourth-order valence-corrected chi connectivity index (χ4v) is 1.73. The topological polar surface area (TPSA) is 59.9 Å². The predicted molar refractivity (Wildman–Crippen MR) is 69.6 cm³/mol. The number of hydrogen-bond acceptors (Lipinski definition) is 5. The molecule has 0 fully saturated rings. The summed E-state index contributed by atoms with van der Waals surface area (Å²) >= 11 is 0. The second-order valence-electron chi connectivity index (χ2n) is 4.00. The lowest BCUT2D eigenvalue weighted by atomic mass is 10.1. The molecule has 2 rings (SSSR count). The maximum absolute atomic E-state index is 5.17. The first kappa shape index (κ1) is 12.3. The van der Waals surface area contributed by atoms with Crippen molar-refractivity contribution in [3.63, 3.8) is 0 Å². The minimum absolute atomic E-state index is 0.145. The Morgan fingerprint density at radius 3 is 2.61 bits per heavy atom. The summed E-state index contributed by atoms with van der Waals surface area (Å²) < 4.78 is 5.17. The van der Waals surface area contributed by atoms with Crippen LogP contribution in [0, 0.1) is 6.92 Å². The zero-order chi connectivity index (χ0) is 13.0. The molecular formula is C13H16N4O. The minimum Gasteiger partial charge on any atom is -0.481 e. The molecule has 1 unspecified atom stereocenters. The third kappa shape index (κ3) is 2.56. The summed E-state index contributed by atoms with van der Waals surface area (Å²) in [6.45, 7) is 4.00. The average molecular weight is 244 g/mol. The van der Waals surface area contributed by atoms with Gasteiger partial charge in [0.15, 0.2) is 0 Å². The first-order valence-corrected chi connectivity index (χ1v) is 5.74. The number of anilines is 1. The van der Waals surface area contributed by atoms with Gasteiger partial charge in [0.2, 0.25) is 5.88 Å². The summed E-state index contributed by atoms with van der Waals surface area (Å²) in [7, 11) is 1.60. The largest absolute Gasteiger partial charge is 0.481 e. The van der Waals surface area contributed by atoms with Crippen molar-refractivity contribution in [1.29, 1.82) is 0 Å². The first-order chi connectivity index (χ1) is 8.72. The lowest BCUT2D eigenvalue weighted by Gasteiger charge is -2.16. The minimum atomic E-state index is 0.145. The van der Waals surface area contributed by atoms with E-state index in [0.717, 1.165) is 16.9 Å². The molecule has 0 radical (unpaired) electrons. The van der Waals surface area contributed by atoms with Crippen LogP contribution in [0.2, 0.25) is 0 Å². The molecule has 1 atom stereocenters. The standard InChI is InChI=1S/C13H16N4O/c1-9-12(15-8-16-13(9)18-3)17-10(2)11-4-6-14-7-5-11/h4-8,10H,1-3H3,(H,15,16,17). The van der Waals surface area contributed by atoms with E-state index in [2.05, 4.69) is 27.2 Å². The van der Waals surface area contributed by atoms with Gasteiger partial charge in [0.05, 0.1) is 18.7 Å². The van der Waals surface area contributed by atoms with Gasteiger partial charge >= 0.3 is 0 Å². The Hall–Kier alpha value is -2.17. The number of rotatable bonds is 4. The monoisotopic (exact) mass is 244 g/mol. The molecule has 18 heavy (non-hydrogen) atoms. The van der Waals surface area contributed by atoms with Gasteiger partial charge in [-0.2, -0.15) is 0 Å². The van der Waals surface area contributed by atoms with E-state index < -0.39 is 0 Å². The average Bonchev–Trinajstić information content (AvgIpc) is 2.42. The van der Waals surface area contributed by atoms with E-state index in [0.29, 0.717) is 5.88 Å². The highest BCUT2D eigenvalue weighted by Crippen LogP contribution is 2.23. The Morgan fingerprint density at radius 2 is 1.94 bits per heavy atom. The van der Waals surface area contributed by atoms with Gasteiger partial charge < -0.3 is 10.1 Å². The van der Waals surface area contributed by atoms with Crippen molar-refractivity contribution in [2.45, 2.75) is 19.9 Å². The first-order valence-electron chi connectivity index (χ1n) is 5.74. The molecule has 0 spiro atoms. The van der Waals surface area contributed by atoms with Crippen molar-refractivity contribution in [2.75, 3.05) is 12.4 Å². The lowest BCUT2D eigenvalue weighted by Crippen LogP contribution is -2.10. The zero-order valence-electron chi connectivity index (χ0n) is 10.7. The van der Waals surface area contributed by atoms with Crippen LogP contribution in [0.25, 0.3) is 0 Å². The Bertz CT molecular complexity index is 516. The van der Waals surface area contributed by atoms with E-state index in [1.807, 2.05) is 19.1 Å². The molecule has 5 heteroatoms. The van der Waals surface area contributed by atoms with Gasteiger partial charge in [-0.05, 0) is 31.5 Å². The van der Waals surface area contributed by atoms with Crippen molar-refractivity contribution >= 4 is 5.82 Å². The van der Waals surface area contributed by atoms with Crippen LogP contribution in [0.1, 0.15) is 24.1 Å². The molecule has 0 amide bonds. The normalized spacial score (nSPS) is 11.9. The van der Waals surface area contributed by atoms with Gasteiger partial charge in [-0.3, -0.25) is 4.98 Å². The Balaban J connectivity index is 2.19. The number of hydrogen-bond donors (Lipinski definition) is 1. The maximum atomic E-state index is 5.17. The van der Waals surface area contributed by atoms with Gasteiger partial charge in [0.1, 0.15) is 12.1 Å². The Labute approximate surface area is 106 Å². The summed E-state index contributed by atoms with van der Waals surface area (Å²) in [5.74, 6) is 1.38. The van der Waals surface area contributed by atoms with Crippen molar-refractivity contribution in [3.05, 3.63) is 42.0 Å². The summed E-state index contributed by atoms with van der Waals surface area (Å²) in [4.78, 5) is 12.3. The van der Waals surface area contributed by atoms with Crippen LogP contribution >= 0.6 is 0 Å². The van der Waals surface area contributed by atoms with Gasteiger partial charge in [-0.1, -0.05) is 0 Å². The quantitative estimate of drug-likeness (QED) is 0.894. The smallest absolute Gasteiger partial charge is 0.221 e. The summed E-state index contributed by atoms with van der Waals surface area (Å²) in [6, 6.07) is 4.10. The third-order valence-corrected chi connectivity index (χ3v) is 2.79. The van der Waals surface area contributed by atoms with Crippen molar-refractivity contribution in [3.8, 4) is 5.88 Å². The van der Waals surface area contributed by atoms with Crippen LogP contribution < -0.4 is 10.1 Å². The molecule has 0 saturated carbocycles. The molecule has 94 valence electrons. The van der Waals surface area contributed by atoms with Crippen molar-refractivity contribution in [2.24, 2.45) is 0 Å². The highest BCUT2D eigenvalue weighted by molar-refractivity contribution is 5.49. The third-order valence-electron chi connectivity index (χ3n) is 2.79. The fourth-order valence-electron chi connectivity index (χ4n) is 1.73. The molecule has 2 aromatic rings. The second-order valence-corrected chi connectivity index (χ2v) is 4.00. The van der Waals surface area contributed by atoms with E-state index in [4.69, 9.17) is 4.74 Å². The van der Waals surface area contributed by atoms with Gasteiger partial charge in [0.25, 0.3) is 0 Å². The van der Waals surface area contributed by atoms with E-state index in [-0.39, 0.29) is 6.04 Å². The molecule has 0 aliphatic carbocycles. The van der Waals surface area contributed by atoms with Gasteiger partial charge in [0, 0.05) is 12.4 Å². The number of pyridine rings is 1. The number of methoxy groups -OCH3 is 1. The zero-order valence-corrected chi connectivity index (χ0v) is 10.7. The van der Waals surface area contributed by atoms with E-state index in [1.54, 1.807) is 19.5 Å². The number of aromatic nitrogens is 3. The number of nitrogens with zero attached hydrogens (tertiary/aromatic N) is 3. The van der Waals surface area contributed by atoms with Crippen LogP contribution in [-0.2, 0) is 0 Å². The predicted octanol–water partition coefficient (Wildman–Crippen LogP) is 2.36. The summed E-state index contributed by atoms with van der Waals surface area (Å²) in [6.07, 6.45) is 5.05. The molecular weight excluding hydrogens is 228 g/mol. The Kier molecular flexibility index (Phi) is 3.72. The van der Waals surface area contributed by atoms with E-state index in [1.165, 1.54) is 6.33 Å². The molecule has 0 saturated heterocycles. The molecule has 2 heterocycles. The van der Waals surface area contributed by atoms with Crippen LogP contribution in [-0.4, -0.2) is 22.1 Å². The maximum Gasteiger partial charge on any atom is 0.221 e. The molecule has 5 nitrogen and oxygen atoms in total. The SMILES string of the molecule is COc1ncnc(NC(C)c2ccncc2)c1C. The highest BCUT2D eigenvalue weighted by Gasteiger charge is 2.10. The van der Waals surface area contributed by atoms with Gasteiger partial charge in [-0.15, -0.1) is 0 Å². The summed E-state index contributed by atoms with van der Waals surface area (Å²) in [5.41, 5.74) is 2.06. The molecule has 0 bridgehead atoms. The highest BCUT2D eigenvalue weighted by atomic mass is 16.5. The van der Waals surface area contributed by atoms with E-state index >= 15 is 0 Å². The van der Waals surface area contributed by atoms with Gasteiger partial charge in [-0.25, -0.2) is 9.97 Å². The molecule has 0 aliphatic heterocycles. The summed E-state index contributed by atoms with van der Waals surface area (Å²) in [5, 5.41) is 3.34. The molecule has 1 N–H and O–H groups in total. The number of ether oxygens (including phenoxy) is 1. The fraction of sp³-hybridized carbons (Fsp3) is 0.308. The van der Waals surface area contributed by atoms with Crippen LogP contribution in [0.5, 0.6) is 5.88 Å². The van der Waals surface area contributed by atoms with Crippen molar-refractivity contribution in [1.82, 2.24) is 15.0 Å². The number of nitrogens with one attached hydrogen (secondary N) is 1. The molecule has 0 aliphatic rings. The van der Waals surface area contributed by atoms with Crippen LogP contribution in [0.15, 0.2) is 30.9 Å². The lowest BCUT2D eigenvalue weighted by molar-refractivity contribution is 0.393. The second kappa shape index (κ2) is 5.44.